The Bertz CT molecular complexity index is 647. The van der Waals surface area contributed by atoms with Crippen molar-refractivity contribution < 1.29 is 9.13 Å². The van der Waals surface area contributed by atoms with Gasteiger partial charge in [0.1, 0.15) is 5.75 Å². The smallest absolute Gasteiger partial charge is 0.181 e. The highest BCUT2D eigenvalue weighted by Crippen LogP contribution is 2.33. The summed E-state index contributed by atoms with van der Waals surface area (Å²) in [5, 5.41) is 9.24. The minimum atomic E-state index is -0.545. The molecule has 0 atom stereocenters. The van der Waals surface area contributed by atoms with Crippen molar-refractivity contribution in [3.63, 3.8) is 0 Å². The van der Waals surface area contributed by atoms with Gasteiger partial charge in [-0.1, -0.05) is 29.3 Å². The van der Waals surface area contributed by atoms with Gasteiger partial charge in [-0.25, -0.2) is 4.39 Å². The number of aryl methyl sites for hydroxylation is 1. The molecule has 0 aliphatic rings. The van der Waals surface area contributed by atoms with E-state index in [2.05, 4.69) is 6.07 Å². The van der Waals surface area contributed by atoms with Crippen LogP contribution in [-0.4, -0.2) is 0 Å². The fraction of sp³-hybridized carbons (Fsp3) is 0.133. The Morgan fingerprint density at radius 1 is 1.20 bits per heavy atom. The van der Waals surface area contributed by atoms with E-state index in [1.807, 2.05) is 0 Å². The highest BCUT2D eigenvalue weighted by molar-refractivity contribution is 6.32. The van der Waals surface area contributed by atoms with Crippen LogP contribution < -0.4 is 4.74 Å². The number of halogens is 3. The molecule has 0 spiro atoms. The fourth-order valence-electron chi connectivity index (χ4n) is 1.72. The minimum Gasteiger partial charge on any atom is -0.453 e. The molecule has 0 aromatic heterocycles. The summed E-state index contributed by atoms with van der Waals surface area (Å²) in [6.45, 7) is 0. The van der Waals surface area contributed by atoms with E-state index in [-0.39, 0.29) is 10.8 Å². The molecule has 102 valence electrons. The van der Waals surface area contributed by atoms with Gasteiger partial charge in [-0.05, 0) is 42.3 Å². The van der Waals surface area contributed by atoms with Gasteiger partial charge in [-0.15, -0.1) is 0 Å². The summed E-state index contributed by atoms with van der Waals surface area (Å²) in [6.07, 6.45) is 0.929. The molecule has 0 saturated heterocycles. The molecule has 0 aliphatic heterocycles. The number of rotatable bonds is 4. The maximum absolute atomic E-state index is 13.7. The molecule has 2 rings (SSSR count). The first-order valence-corrected chi connectivity index (χ1v) is 6.64. The lowest BCUT2D eigenvalue weighted by atomic mass is 10.1. The lowest BCUT2D eigenvalue weighted by Gasteiger charge is -2.10. The number of nitriles is 1. The Morgan fingerprint density at radius 2 is 2.00 bits per heavy atom. The number of hydrogen-bond acceptors (Lipinski definition) is 2. The van der Waals surface area contributed by atoms with E-state index in [9.17, 15) is 4.39 Å². The summed E-state index contributed by atoms with van der Waals surface area (Å²) in [6, 6.07) is 11.4. The first-order chi connectivity index (χ1) is 9.60. The number of benzene rings is 2. The maximum Gasteiger partial charge on any atom is 0.181 e. The van der Waals surface area contributed by atoms with Crippen LogP contribution in [0.4, 0.5) is 4.39 Å². The SMILES string of the molecule is N#CCCc1cc(Cl)cc(Oc2c(F)cccc2Cl)c1. The summed E-state index contributed by atoms with van der Waals surface area (Å²) in [5.41, 5.74) is 0.849. The molecule has 0 heterocycles. The highest BCUT2D eigenvalue weighted by Gasteiger charge is 2.10. The quantitative estimate of drug-likeness (QED) is 0.759. The van der Waals surface area contributed by atoms with Crippen LogP contribution in [0.25, 0.3) is 0 Å². The van der Waals surface area contributed by atoms with Crippen LogP contribution in [-0.2, 0) is 6.42 Å². The Hall–Kier alpha value is -1.76. The number of hydrogen-bond donors (Lipinski definition) is 0. The topological polar surface area (TPSA) is 33.0 Å². The van der Waals surface area contributed by atoms with Crippen LogP contribution in [0, 0.1) is 17.1 Å². The molecule has 0 bridgehead atoms. The van der Waals surface area contributed by atoms with Crippen molar-refractivity contribution in [2.45, 2.75) is 12.8 Å². The lowest BCUT2D eigenvalue weighted by molar-refractivity contribution is 0.442. The lowest BCUT2D eigenvalue weighted by Crippen LogP contribution is -1.92. The normalized spacial score (nSPS) is 10.1. The van der Waals surface area contributed by atoms with Gasteiger partial charge in [-0.3, -0.25) is 0 Å². The summed E-state index contributed by atoms with van der Waals surface area (Å²) in [7, 11) is 0. The van der Waals surface area contributed by atoms with Crippen LogP contribution >= 0.6 is 23.2 Å². The van der Waals surface area contributed by atoms with Crippen LogP contribution in [0.5, 0.6) is 11.5 Å². The maximum atomic E-state index is 13.7. The molecule has 2 aromatic rings. The van der Waals surface area contributed by atoms with Gasteiger partial charge in [0, 0.05) is 11.4 Å². The minimum absolute atomic E-state index is 0.0392. The number of nitrogens with zero attached hydrogens (tertiary/aromatic N) is 1. The summed E-state index contributed by atoms with van der Waals surface area (Å²) >= 11 is 11.9. The standard InChI is InChI=1S/C15H10Cl2FNO/c16-11-7-10(3-2-6-19)8-12(9-11)20-15-13(17)4-1-5-14(15)18/h1,4-5,7-9H,2-3H2. The zero-order chi connectivity index (χ0) is 14.5. The second-order valence-electron chi connectivity index (χ2n) is 4.11. The van der Waals surface area contributed by atoms with Crippen LogP contribution in [0.1, 0.15) is 12.0 Å². The van der Waals surface area contributed by atoms with Crippen molar-refractivity contribution in [2.24, 2.45) is 0 Å². The Labute approximate surface area is 126 Å². The third kappa shape index (κ3) is 3.63. The van der Waals surface area contributed by atoms with Gasteiger partial charge in [0.15, 0.2) is 11.6 Å². The molecule has 0 radical (unpaired) electrons. The van der Waals surface area contributed by atoms with E-state index >= 15 is 0 Å². The zero-order valence-electron chi connectivity index (χ0n) is 10.4. The molecular weight excluding hydrogens is 300 g/mol. The Balaban J connectivity index is 2.29. The predicted molar refractivity (Wildman–Crippen MR) is 76.9 cm³/mol. The third-order valence-corrected chi connectivity index (χ3v) is 3.11. The third-order valence-electron chi connectivity index (χ3n) is 2.60. The Morgan fingerprint density at radius 3 is 2.70 bits per heavy atom. The molecule has 0 aliphatic carbocycles. The van der Waals surface area contributed by atoms with Crippen molar-refractivity contribution in [3.05, 3.63) is 57.8 Å². The molecule has 2 aromatic carbocycles. The zero-order valence-corrected chi connectivity index (χ0v) is 11.9. The van der Waals surface area contributed by atoms with Gasteiger partial charge < -0.3 is 4.74 Å². The fourth-order valence-corrected chi connectivity index (χ4v) is 2.17. The van der Waals surface area contributed by atoms with Gasteiger partial charge in [0.25, 0.3) is 0 Å². The monoisotopic (exact) mass is 309 g/mol. The van der Waals surface area contributed by atoms with Gasteiger partial charge >= 0.3 is 0 Å². The number of para-hydroxylation sites is 1. The van der Waals surface area contributed by atoms with Crippen molar-refractivity contribution in [1.29, 1.82) is 5.26 Å². The molecule has 0 amide bonds. The average Bonchev–Trinajstić information content (AvgIpc) is 2.40. The first kappa shape index (κ1) is 14.6. The van der Waals surface area contributed by atoms with Crippen molar-refractivity contribution >= 4 is 23.2 Å². The van der Waals surface area contributed by atoms with Crippen LogP contribution in [0.3, 0.4) is 0 Å². The van der Waals surface area contributed by atoms with Crippen LogP contribution in [0.2, 0.25) is 10.0 Å². The second kappa shape index (κ2) is 6.60. The van der Waals surface area contributed by atoms with E-state index in [0.29, 0.717) is 23.6 Å². The van der Waals surface area contributed by atoms with E-state index in [4.69, 9.17) is 33.2 Å². The molecule has 0 N–H and O–H groups in total. The van der Waals surface area contributed by atoms with Gasteiger partial charge in [0.05, 0.1) is 11.1 Å². The summed E-state index contributed by atoms with van der Waals surface area (Å²) in [4.78, 5) is 0. The second-order valence-corrected chi connectivity index (χ2v) is 4.95. The van der Waals surface area contributed by atoms with E-state index < -0.39 is 5.82 Å². The average molecular weight is 310 g/mol. The van der Waals surface area contributed by atoms with Crippen molar-refractivity contribution in [2.75, 3.05) is 0 Å². The summed E-state index contributed by atoms with van der Waals surface area (Å²) in [5.74, 6) is -0.198. The first-order valence-electron chi connectivity index (χ1n) is 5.88. The molecule has 0 fully saturated rings. The van der Waals surface area contributed by atoms with E-state index in [1.165, 1.54) is 12.1 Å². The van der Waals surface area contributed by atoms with Crippen molar-refractivity contribution in [3.8, 4) is 17.6 Å². The molecule has 0 saturated carbocycles. The van der Waals surface area contributed by atoms with E-state index in [0.717, 1.165) is 5.56 Å². The van der Waals surface area contributed by atoms with Gasteiger partial charge in [-0.2, -0.15) is 5.26 Å². The molecule has 5 heteroatoms. The molecule has 2 nitrogen and oxygen atoms in total. The highest BCUT2D eigenvalue weighted by atomic mass is 35.5. The molecule has 20 heavy (non-hydrogen) atoms. The largest absolute Gasteiger partial charge is 0.453 e. The van der Waals surface area contributed by atoms with Gasteiger partial charge in [0.2, 0.25) is 0 Å². The van der Waals surface area contributed by atoms with Crippen molar-refractivity contribution in [1.82, 2.24) is 0 Å². The summed E-state index contributed by atoms with van der Waals surface area (Å²) < 4.78 is 19.1. The molecule has 0 unspecified atom stereocenters. The molecular formula is C15H10Cl2FNO. The number of ether oxygens (including phenoxy) is 1. The van der Waals surface area contributed by atoms with Crippen LogP contribution in [0.15, 0.2) is 36.4 Å². The van der Waals surface area contributed by atoms with E-state index in [1.54, 1.807) is 24.3 Å². The predicted octanol–water partition coefficient (Wildman–Crippen LogP) is 5.38. The Kier molecular flexibility index (Phi) is 4.84.